The molecule has 1 saturated carbocycles. The number of benzene rings is 1. The van der Waals surface area contributed by atoms with Crippen LogP contribution < -0.4 is 9.47 Å². The quantitative estimate of drug-likeness (QED) is 0.489. The van der Waals surface area contributed by atoms with Gasteiger partial charge in [0.15, 0.2) is 11.5 Å². The van der Waals surface area contributed by atoms with Crippen LogP contribution in [-0.4, -0.2) is 42.2 Å². The molecule has 1 aromatic rings. The number of aliphatic hydroxyl groups excluding tert-OH is 1. The fourth-order valence-electron chi connectivity index (χ4n) is 3.36. The number of rotatable bonds is 10. The summed E-state index contributed by atoms with van der Waals surface area (Å²) in [5, 5.41) is 18.8. The van der Waals surface area contributed by atoms with E-state index in [-0.39, 0.29) is 31.3 Å². The third kappa shape index (κ3) is 5.73. The van der Waals surface area contributed by atoms with E-state index in [4.69, 9.17) is 14.6 Å². The van der Waals surface area contributed by atoms with Crippen LogP contribution in [0, 0.1) is 11.8 Å². The molecule has 26 heavy (non-hydrogen) atoms. The molecule has 4 atom stereocenters. The topological polar surface area (TPSA) is 76.0 Å². The summed E-state index contributed by atoms with van der Waals surface area (Å²) >= 11 is 0. The number of allylic oxidation sites excluding steroid dienone is 2. The summed E-state index contributed by atoms with van der Waals surface area (Å²) in [6, 6.07) is 7.24. The summed E-state index contributed by atoms with van der Waals surface area (Å²) in [7, 11) is 1.56. The van der Waals surface area contributed by atoms with E-state index >= 15 is 0 Å². The van der Waals surface area contributed by atoms with E-state index in [2.05, 4.69) is 0 Å². The highest BCUT2D eigenvalue weighted by Crippen LogP contribution is 2.38. The summed E-state index contributed by atoms with van der Waals surface area (Å²) in [6.07, 6.45) is 3.95. The van der Waals surface area contributed by atoms with Crippen molar-refractivity contribution in [2.45, 2.75) is 44.4 Å². The molecule has 0 spiro atoms. The number of carboxylic acid groups (broad SMARTS) is 1. The lowest BCUT2D eigenvalue weighted by atomic mass is 9.91. The summed E-state index contributed by atoms with van der Waals surface area (Å²) in [6.45, 7) is 0.222. The van der Waals surface area contributed by atoms with Gasteiger partial charge < -0.3 is 19.7 Å². The van der Waals surface area contributed by atoms with Crippen molar-refractivity contribution in [2.24, 2.45) is 11.8 Å². The molecule has 1 aromatic carbocycles. The van der Waals surface area contributed by atoms with E-state index in [0.717, 1.165) is 0 Å². The molecule has 2 N–H and O–H groups in total. The van der Waals surface area contributed by atoms with Gasteiger partial charge in [-0.25, -0.2) is 4.39 Å². The number of alkyl halides is 1. The zero-order valence-electron chi connectivity index (χ0n) is 15.0. The zero-order chi connectivity index (χ0) is 18.9. The van der Waals surface area contributed by atoms with Gasteiger partial charge in [0.25, 0.3) is 0 Å². The van der Waals surface area contributed by atoms with Crippen LogP contribution in [0.5, 0.6) is 11.5 Å². The average Bonchev–Trinajstić information content (AvgIpc) is 2.89. The maximum absolute atomic E-state index is 14.3. The van der Waals surface area contributed by atoms with E-state index < -0.39 is 18.2 Å². The van der Waals surface area contributed by atoms with E-state index in [1.807, 2.05) is 24.3 Å². The van der Waals surface area contributed by atoms with Gasteiger partial charge in [-0.2, -0.15) is 0 Å². The highest BCUT2D eigenvalue weighted by molar-refractivity contribution is 5.66. The average molecular weight is 366 g/mol. The van der Waals surface area contributed by atoms with E-state index in [0.29, 0.717) is 30.8 Å². The molecule has 2 rings (SSSR count). The minimum atomic E-state index is -1.07. The molecule has 0 aliphatic heterocycles. The molecule has 6 heteroatoms. The Labute approximate surface area is 153 Å². The Balaban J connectivity index is 1.88. The Bertz CT molecular complexity index is 604. The van der Waals surface area contributed by atoms with Crippen LogP contribution in [-0.2, 0) is 4.79 Å². The molecule has 0 aromatic heterocycles. The number of aliphatic carboxylic acids is 1. The predicted octanol–water partition coefficient (Wildman–Crippen LogP) is 3.61. The Hall–Kier alpha value is -2.08. The van der Waals surface area contributed by atoms with Gasteiger partial charge in [-0.15, -0.1) is 0 Å². The maximum atomic E-state index is 14.3. The van der Waals surface area contributed by atoms with Crippen molar-refractivity contribution in [2.75, 3.05) is 13.7 Å². The van der Waals surface area contributed by atoms with Gasteiger partial charge in [-0.3, -0.25) is 4.79 Å². The molecule has 0 saturated heterocycles. The van der Waals surface area contributed by atoms with Crippen molar-refractivity contribution in [1.82, 2.24) is 0 Å². The number of carboxylic acids is 1. The SMILES string of the molecule is COc1ccccc1OC[C@H]1[C@H](O)CC(F)[C@@H]1C/C=C\CCCC(=O)O. The highest BCUT2D eigenvalue weighted by atomic mass is 19.1. The number of para-hydroxylation sites is 2. The third-order valence-electron chi connectivity index (χ3n) is 4.81. The minimum absolute atomic E-state index is 0.122. The Morgan fingerprint density at radius 2 is 2.00 bits per heavy atom. The molecule has 1 aliphatic rings. The maximum Gasteiger partial charge on any atom is 0.303 e. The molecule has 1 fully saturated rings. The van der Waals surface area contributed by atoms with E-state index in [9.17, 15) is 14.3 Å². The van der Waals surface area contributed by atoms with Crippen LogP contribution >= 0.6 is 0 Å². The smallest absolute Gasteiger partial charge is 0.303 e. The molecule has 0 amide bonds. The second-order valence-electron chi connectivity index (χ2n) is 6.60. The molecule has 144 valence electrons. The minimum Gasteiger partial charge on any atom is -0.493 e. The van der Waals surface area contributed by atoms with Crippen molar-refractivity contribution in [3.63, 3.8) is 0 Å². The van der Waals surface area contributed by atoms with Crippen molar-refractivity contribution in [1.29, 1.82) is 0 Å². The summed E-state index contributed by atoms with van der Waals surface area (Å²) in [5.74, 6) is -0.233. The number of hydrogen-bond acceptors (Lipinski definition) is 4. The molecule has 0 bridgehead atoms. The molecule has 0 heterocycles. The zero-order valence-corrected chi connectivity index (χ0v) is 15.0. The number of hydrogen-bond donors (Lipinski definition) is 2. The number of ether oxygens (including phenoxy) is 2. The second kappa shape index (κ2) is 10.2. The summed E-state index contributed by atoms with van der Waals surface area (Å²) < 4.78 is 25.3. The van der Waals surface area contributed by atoms with Crippen LogP contribution in [0.15, 0.2) is 36.4 Å². The first-order valence-electron chi connectivity index (χ1n) is 8.97. The number of unbranched alkanes of at least 4 members (excludes halogenated alkanes) is 1. The Kier molecular flexibility index (Phi) is 7.91. The standard InChI is InChI=1S/C20H27FO5/c1-25-18-9-6-7-10-19(18)26-13-15-14(16(21)12-17(15)22)8-4-2-3-5-11-20(23)24/h2,4,6-7,9-10,14-17,22H,3,5,8,11-13H2,1H3,(H,23,24)/b4-2-/t14-,15-,16?,17-/m1/s1. The van der Waals surface area contributed by atoms with Gasteiger partial charge in [0, 0.05) is 24.7 Å². The normalized spacial score (nSPS) is 25.5. The van der Waals surface area contributed by atoms with Crippen molar-refractivity contribution in [3.8, 4) is 11.5 Å². The number of halogens is 1. The lowest BCUT2D eigenvalue weighted by Gasteiger charge is -2.22. The lowest BCUT2D eigenvalue weighted by molar-refractivity contribution is -0.137. The number of carbonyl (C=O) groups is 1. The fraction of sp³-hybridized carbons (Fsp3) is 0.550. The largest absolute Gasteiger partial charge is 0.493 e. The van der Waals surface area contributed by atoms with Crippen LogP contribution in [0.2, 0.25) is 0 Å². The van der Waals surface area contributed by atoms with Crippen molar-refractivity contribution in [3.05, 3.63) is 36.4 Å². The molecule has 1 unspecified atom stereocenters. The van der Waals surface area contributed by atoms with Gasteiger partial charge in [0.2, 0.25) is 0 Å². The van der Waals surface area contributed by atoms with Crippen LogP contribution in [0.25, 0.3) is 0 Å². The Morgan fingerprint density at radius 1 is 1.27 bits per heavy atom. The molecular weight excluding hydrogens is 339 g/mol. The monoisotopic (exact) mass is 366 g/mol. The van der Waals surface area contributed by atoms with Crippen LogP contribution in [0.1, 0.15) is 32.1 Å². The summed E-state index contributed by atoms with van der Waals surface area (Å²) in [4.78, 5) is 10.5. The highest BCUT2D eigenvalue weighted by Gasteiger charge is 2.42. The first-order chi connectivity index (χ1) is 12.5. The number of aliphatic hydroxyl groups is 1. The van der Waals surface area contributed by atoms with Gasteiger partial charge in [-0.1, -0.05) is 24.3 Å². The predicted molar refractivity (Wildman–Crippen MR) is 96.2 cm³/mol. The van der Waals surface area contributed by atoms with Crippen LogP contribution in [0.4, 0.5) is 4.39 Å². The number of methoxy groups -OCH3 is 1. The Morgan fingerprint density at radius 3 is 2.69 bits per heavy atom. The second-order valence-corrected chi connectivity index (χ2v) is 6.60. The lowest BCUT2D eigenvalue weighted by Crippen LogP contribution is -2.27. The van der Waals surface area contributed by atoms with Gasteiger partial charge in [0.05, 0.1) is 19.8 Å². The van der Waals surface area contributed by atoms with E-state index in [1.54, 1.807) is 19.2 Å². The third-order valence-corrected chi connectivity index (χ3v) is 4.81. The van der Waals surface area contributed by atoms with Crippen molar-refractivity contribution >= 4 is 5.97 Å². The van der Waals surface area contributed by atoms with Gasteiger partial charge in [0.1, 0.15) is 6.17 Å². The van der Waals surface area contributed by atoms with Gasteiger partial charge in [-0.05, 0) is 31.4 Å². The van der Waals surface area contributed by atoms with Crippen molar-refractivity contribution < 1.29 is 28.9 Å². The first kappa shape index (κ1) is 20.2. The molecule has 0 radical (unpaired) electrons. The van der Waals surface area contributed by atoms with Crippen LogP contribution in [0.3, 0.4) is 0 Å². The summed E-state index contributed by atoms with van der Waals surface area (Å²) in [5.41, 5.74) is 0. The van der Waals surface area contributed by atoms with E-state index in [1.165, 1.54) is 0 Å². The molecule has 1 aliphatic carbocycles. The first-order valence-corrected chi connectivity index (χ1v) is 8.97. The van der Waals surface area contributed by atoms with Gasteiger partial charge >= 0.3 is 5.97 Å². The fourth-order valence-corrected chi connectivity index (χ4v) is 3.36. The molecule has 5 nitrogen and oxygen atoms in total. The molecular formula is C20H27FO5.